The largest absolute Gasteiger partial charge is 0.354 e. The Morgan fingerprint density at radius 1 is 1.15 bits per heavy atom. The second-order valence-corrected chi connectivity index (χ2v) is 5.38. The number of rotatable bonds is 2. The molecule has 0 aliphatic heterocycles. The van der Waals surface area contributed by atoms with Gasteiger partial charge in [-0.25, -0.2) is 4.39 Å². The van der Waals surface area contributed by atoms with Crippen LogP contribution in [0, 0.1) is 12.7 Å². The number of aryl methyl sites for hydroxylation is 1. The number of anilines is 2. The highest BCUT2D eigenvalue weighted by Gasteiger charge is 2.05. The van der Waals surface area contributed by atoms with E-state index in [1.54, 1.807) is 31.5 Å². The lowest BCUT2D eigenvalue weighted by Gasteiger charge is -2.09. The van der Waals surface area contributed by atoms with Crippen LogP contribution in [0.4, 0.5) is 15.8 Å². The standard InChI is InChI=1S/C15H11BrFN3/c1-9-6-11(2-3-12(9)17)20-13-4-5-18-14-7-10(16)8-19-15(13)14/h2-8H,1H3,(H,18,20). The number of hydrogen-bond acceptors (Lipinski definition) is 3. The van der Waals surface area contributed by atoms with Gasteiger partial charge in [-0.3, -0.25) is 9.97 Å². The van der Waals surface area contributed by atoms with E-state index < -0.39 is 0 Å². The van der Waals surface area contributed by atoms with Crippen LogP contribution in [-0.4, -0.2) is 9.97 Å². The van der Waals surface area contributed by atoms with E-state index in [1.807, 2.05) is 12.1 Å². The minimum atomic E-state index is -0.211. The predicted molar refractivity (Wildman–Crippen MR) is 81.7 cm³/mol. The van der Waals surface area contributed by atoms with Crippen molar-refractivity contribution in [3.8, 4) is 0 Å². The second kappa shape index (κ2) is 5.17. The maximum Gasteiger partial charge on any atom is 0.126 e. The molecule has 2 aromatic heterocycles. The molecule has 100 valence electrons. The summed E-state index contributed by atoms with van der Waals surface area (Å²) in [5.41, 5.74) is 3.83. The first kappa shape index (κ1) is 13.0. The average molecular weight is 332 g/mol. The number of pyridine rings is 2. The Kier molecular flexibility index (Phi) is 3.36. The maximum atomic E-state index is 13.3. The summed E-state index contributed by atoms with van der Waals surface area (Å²) in [7, 11) is 0. The molecule has 1 aromatic carbocycles. The third kappa shape index (κ3) is 2.49. The summed E-state index contributed by atoms with van der Waals surface area (Å²) in [5.74, 6) is -0.211. The van der Waals surface area contributed by atoms with Gasteiger partial charge in [-0.15, -0.1) is 0 Å². The summed E-state index contributed by atoms with van der Waals surface area (Å²) in [6.45, 7) is 1.74. The van der Waals surface area contributed by atoms with Gasteiger partial charge < -0.3 is 5.32 Å². The molecule has 0 amide bonds. The molecule has 0 unspecified atom stereocenters. The van der Waals surface area contributed by atoms with Crippen LogP contribution in [0.5, 0.6) is 0 Å². The lowest BCUT2D eigenvalue weighted by molar-refractivity contribution is 0.619. The molecule has 0 saturated carbocycles. The highest BCUT2D eigenvalue weighted by Crippen LogP contribution is 2.25. The Balaban J connectivity index is 2.04. The summed E-state index contributed by atoms with van der Waals surface area (Å²) in [5, 5.41) is 3.25. The molecule has 3 aromatic rings. The molecule has 3 rings (SSSR count). The van der Waals surface area contributed by atoms with Crippen molar-refractivity contribution >= 4 is 38.3 Å². The van der Waals surface area contributed by atoms with E-state index in [0.29, 0.717) is 5.56 Å². The molecule has 2 heterocycles. The SMILES string of the molecule is Cc1cc(Nc2ccnc3cc(Br)cnc23)ccc1F. The van der Waals surface area contributed by atoms with E-state index in [0.717, 1.165) is 26.9 Å². The maximum absolute atomic E-state index is 13.3. The molecule has 0 radical (unpaired) electrons. The summed E-state index contributed by atoms with van der Waals surface area (Å²) in [6.07, 6.45) is 3.44. The molecular weight excluding hydrogens is 321 g/mol. The van der Waals surface area contributed by atoms with E-state index in [4.69, 9.17) is 0 Å². The van der Waals surface area contributed by atoms with Gasteiger partial charge in [0.25, 0.3) is 0 Å². The Morgan fingerprint density at radius 3 is 2.80 bits per heavy atom. The molecule has 3 nitrogen and oxygen atoms in total. The van der Waals surface area contributed by atoms with Crippen molar-refractivity contribution in [2.75, 3.05) is 5.32 Å². The molecule has 0 aliphatic rings. The van der Waals surface area contributed by atoms with Crippen molar-refractivity contribution < 1.29 is 4.39 Å². The fourth-order valence-electron chi connectivity index (χ4n) is 1.98. The van der Waals surface area contributed by atoms with Crippen LogP contribution in [0.15, 0.2) is 47.2 Å². The molecule has 20 heavy (non-hydrogen) atoms. The highest BCUT2D eigenvalue weighted by atomic mass is 79.9. The smallest absolute Gasteiger partial charge is 0.126 e. The van der Waals surface area contributed by atoms with Gasteiger partial charge in [0.05, 0.1) is 11.2 Å². The number of hydrogen-bond donors (Lipinski definition) is 1. The first-order chi connectivity index (χ1) is 9.63. The molecule has 0 saturated heterocycles. The molecule has 5 heteroatoms. The topological polar surface area (TPSA) is 37.8 Å². The minimum Gasteiger partial charge on any atom is -0.354 e. The third-order valence-electron chi connectivity index (χ3n) is 2.98. The van der Waals surface area contributed by atoms with Gasteiger partial charge in [-0.05, 0) is 58.7 Å². The van der Waals surface area contributed by atoms with Crippen LogP contribution >= 0.6 is 15.9 Å². The van der Waals surface area contributed by atoms with Gasteiger partial charge in [0.15, 0.2) is 0 Å². The monoisotopic (exact) mass is 331 g/mol. The zero-order valence-corrected chi connectivity index (χ0v) is 12.3. The molecule has 0 spiro atoms. The number of halogens is 2. The van der Waals surface area contributed by atoms with Crippen LogP contribution in [0.1, 0.15) is 5.56 Å². The zero-order chi connectivity index (χ0) is 14.1. The molecule has 1 N–H and O–H groups in total. The summed E-state index contributed by atoms with van der Waals surface area (Å²) in [4.78, 5) is 8.65. The van der Waals surface area contributed by atoms with Crippen molar-refractivity contribution in [1.29, 1.82) is 0 Å². The summed E-state index contributed by atoms with van der Waals surface area (Å²) >= 11 is 3.38. The van der Waals surface area contributed by atoms with E-state index in [-0.39, 0.29) is 5.82 Å². The van der Waals surface area contributed by atoms with Crippen LogP contribution in [0.25, 0.3) is 11.0 Å². The van der Waals surface area contributed by atoms with Gasteiger partial charge in [-0.1, -0.05) is 0 Å². The molecule has 0 aliphatic carbocycles. The van der Waals surface area contributed by atoms with E-state index in [9.17, 15) is 4.39 Å². The van der Waals surface area contributed by atoms with Crippen LogP contribution < -0.4 is 5.32 Å². The normalized spacial score (nSPS) is 10.8. The Morgan fingerprint density at radius 2 is 2.00 bits per heavy atom. The quantitative estimate of drug-likeness (QED) is 0.746. The highest BCUT2D eigenvalue weighted by molar-refractivity contribution is 9.10. The number of fused-ring (bicyclic) bond motifs is 1. The van der Waals surface area contributed by atoms with Gasteiger partial charge in [0, 0.05) is 22.6 Å². The number of benzene rings is 1. The Bertz CT molecular complexity index is 789. The van der Waals surface area contributed by atoms with Crippen LogP contribution in [0.2, 0.25) is 0 Å². The first-order valence-electron chi connectivity index (χ1n) is 6.07. The van der Waals surface area contributed by atoms with E-state index in [1.165, 1.54) is 6.07 Å². The van der Waals surface area contributed by atoms with Crippen molar-refractivity contribution in [1.82, 2.24) is 9.97 Å². The summed E-state index contributed by atoms with van der Waals surface area (Å²) in [6, 6.07) is 8.67. The van der Waals surface area contributed by atoms with E-state index >= 15 is 0 Å². The number of nitrogens with one attached hydrogen (secondary N) is 1. The predicted octanol–water partition coefficient (Wildman–Crippen LogP) is 4.58. The first-order valence-corrected chi connectivity index (χ1v) is 6.86. The van der Waals surface area contributed by atoms with Crippen LogP contribution in [0.3, 0.4) is 0 Å². The van der Waals surface area contributed by atoms with Crippen molar-refractivity contribution in [2.45, 2.75) is 6.92 Å². The van der Waals surface area contributed by atoms with Crippen LogP contribution in [-0.2, 0) is 0 Å². The minimum absolute atomic E-state index is 0.211. The van der Waals surface area contributed by atoms with Crippen molar-refractivity contribution in [3.63, 3.8) is 0 Å². The Labute approximate surface area is 124 Å². The molecule has 0 fully saturated rings. The van der Waals surface area contributed by atoms with Crippen molar-refractivity contribution in [2.24, 2.45) is 0 Å². The Hall–Kier alpha value is -2.01. The van der Waals surface area contributed by atoms with Crippen molar-refractivity contribution in [3.05, 3.63) is 58.6 Å². The lowest BCUT2D eigenvalue weighted by atomic mass is 10.2. The molecular formula is C15H11BrFN3. The number of aromatic nitrogens is 2. The molecule has 0 bridgehead atoms. The fourth-order valence-corrected chi connectivity index (χ4v) is 2.30. The molecule has 0 atom stereocenters. The zero-order valence-electron chi connectivity index (χ0n) is 10.7. The van der Waals surface area contributed by atoms with Gasteiger partial charge in [0.2, 0.25) is 0 Å². The van der Waals surface area contributed by atoms with E-state index in [2.05, 4.69) is 31.2 Å². The third-order valence-corrected chi connectivity index (χ3v) is 3.41. The van der Waals surface area contributed by atoms with Gasteiger partial charge in [0.1, 0.15) is 11.3 Å². The summed E-state index contributed by atoms with van der Waals surface area (Å²) < 4.78 is 14.2. The van der Waals surface area contributed by atoms with Gasteiger partial charge in [-0.2, -0.15) is 0 Å². The average Bonchev–Trinajstić information content (AvgIpc) is 2.43. The number of nitrogens with zero attached hydrogens (tertiary/aromatic N) is 2. The van der Waals surface area contributed by atoms with Gasteiger partial charge >= 0.3 is 0 Å². The lowest BCUT2D eigenvalue weighted by Crippen LogP contribution is -1.95. The second-order valence-electron chi connectivity index (χ2n) is 4.47. The fraction of sp³-hybridized carbons (Fsp3) is 0.0667.